The van der Waals surface area contributed by atoms with Crippen molar-refractivity contribution >= 4 is 23.5 Å². The molecule has 2 bridgehead atoms. The van der Waals surface area contributed by atoms with Gasteiger partial charge in [0.05, 0.1) is 23.5 Å². The van der Waals surface area contributed by atoms with Crippen molar-refractivity contribution in [2.45, 2.75) is 6.42 Å². The maximum atomic E-state index is 12.6. The lowest BCUT2D eigenvalue weighted by Crippen LogP contribution is -2.33. The summed E-state index contributed by atoms with van der Waals surface area (Å²) in [7, 11) is 0. The molecule has 4 atom stereocenters. The maximum Gasteiger partial charge on any atom is 0.238 e. The first-order valence-corrected chi connectivity index (χ1v) is 6.95. The molecule has 1 saturated carbocycles. The van der Waals surface area contributed by atoms with Gasteiger partial charge in [-0.2, -0.15) is 0 Å². The number of aromatic carboxylic acids is 1. The molecule has 0 N–H and O–H groups in total. The van der Waals surface area contributed by atoms with Crippen LogP contribution in [0.15, 0.2) is 36.4 Å². The molecule has 4 rings (SSSR count). The molecule has 0 aromatic heterocycles. The maximum absolute atomic E-state index is 12.6. The number of allylic oxidation sites excluding steroid dienone is 2. The fraction of sp³-hybridized carbons (Fsp3) is 0.312. The number of fused-ring (bicyclic) bond motifs is 5. The summed E-state index contributed by atoms with van der Waals surface area (Å²) < 4.78 is 0. The SMILES string of the molecule is O=C([O-])c1cccc(N2C(=O)[C@@H]3[C@H](C2=O)[C@H]2C=C[C@H]3C2)c1. The van der Waals surface area contributed by atoms with E-state index in [4.69, 9.17) is 0 Å². The number of rotatable bonds is 2. The molecule has 0 spiro atoms. The Balaban J connectivity index is 1.74. The van der Waals surface area contributed by atoms with Crippen LogP contribution < -0.4 is 10.0 Å². The van der Waals surface area contributed by atoms with Gasteiger partial charge in [0, 0.05) is 0 Å². The van der Waals surface area contributed by atoms with E-state index >= 15 is 0 Å². The first-order valence-electron chi connectivity index (χ1n) is 6.95. The molecule has 1 aromatic carbocycles. The van der Waals surface area contributed by atoms with Gasteiger partial charge in [-0.05, 0) is 36.0 Å². The van der Waals surface area contributed by atoms with Crippen LogP contribution in [0.3, 0.4) is 0 Å². The molecule has 106 valence electrons. The number of nitrogens with zero attached hydrogens (tertiary/aromatic N) is 1. The van der Waals surface area contributed by atoms with E-state index in [0.717, 1.165) is 11.3 Å². The minimum atomic E-state index is -1.32. The lowest BCUT2D eigenvalue weighted by atomic mass is 9.85. The van der Waals surface area contributed by atoms with E-state index in [1.807, 2.05) is 12.2 Å². The van der Waals surface area contributed by atoms with Crippen LogP contribution in [0.4, 0.5) is 5.69 Å². The number of carbonyl (C=O) groups excluding carboxylic acids is 3. The van der Waals surface area contributed by atoms with Crippen molar-refractivity contribution in [1.29, 1.82) is 0 Å². The zero-order valence-electron chi connectivity index (χ0n) is 11.1. The molecule has 0 radical (unpaired) electrons. The molecule has 2 fully saturated rings. The number of carboxylic acid groups (broad SMARTS) is 1. The smallest absolute Gasteiger partial charge is 0.238 e. The molecule has 21 heavy (non-hydrogen) atoms. The summed E-state index contributed by atoms with van der Waals surface area (Å²) in [6.45, 7) is 0. The summed E-state index contributed by atoms with van der Waals surface area (Å²) in [6.07, 6.45) is 4.93. The summed E-state index contributed by atoms with van der Waals surface area (Å²) in [5, 5.41) is 10.9. The predicted molar refractivity (Wildman–Crippen MR) is 71.0 cm³/mol. The first-order chi connectivity index (χ1) is 10.1. The molecule has 0 unspecified atom stereocenters. The highest BCUT2D eigenvalue weighted by molar-refractivity contribution is 6.23. The minimum absolute atomic E-state index is 0.0359. The lowest BCUT2D eigenvalue weighted by molar-refractivity contribution is -0.255. The average Bonchev–Trinajstić information content (AvgIpc) is 3.13. The summed E-state index contributed by atoms with van der Waals surface area (Å²) in [6, 6.07) is 5.80. The number of benzene rings is 1. The van der Waals surface area contributed by atoms with Gasteiger partial charge in [0.15, 0.2) is 0 Å². The fourth-order valence-electron chi connectivity index (χ4n) is 3.93. The van der Waals surface area contributed by atoms with Gasteiger partial charge in [-0.3, -0.25) is 9.59 Å². The van der Waals surface area contributed by atoms with Crippen LogP contribution in [0.5, 0.6) is 0 Å². The highest BCUT2D eigenvalue weighted by Gasteiger charge is 2.59. The number of imide groups is 1. The van der Waals surface area contributed by atoms with Crippen LogP contribution in [0, 0.1) is 23.7 Å². The van der Waals surface area contributed by atoms with Crippen molar-refractivity contribution in [1.82, 2.24) is 0 Å². The van der Waals surface area contributed by atoms with Crippen LogP contribution in [-0.2, 0) is 9.59 Å². The number of carbonyl (C=O) groups is 3. The van der Waals surface area contributed by atoms with E-state index in [0.29, 0.717) is 5.69 Å². The molecule has 1 aliphatic heterocycles. The number of carboxylic acids is 1. The second-order valence-corrected chi connectivity index (χ2v) is 5.85. The number of amides is 2. The zero-order chi connectivity index (χ0) is 14.7. The Kier molecular flexibility index (Phi) is 2.37. The van der Waals surface area contributed by atoms with Gasteiger partial charge in [-0.15, -0.1) is 0 Å². The van der Waals surface area contributed by atoms with Gasteiger partial charge in [0.1, 0.15) is 0 Å². The normalized spacial score (nSPS) is 32.9. The van der Waals surface area contributed by atoms with Crippen LogP contribution >= 0.6 is 0 Å². The molecular weight excluding hydrogens is 270 g/mol. The quantitative estimate of drug-likeness (QED) is 0.579. The standard InChI is InChI=1S/C16H13NO4/c18-14-12-8-4-5-9(6-8)13(12)15(19)17(14)11-3-1-2-10(7-11)16(20)21/h1-5,7-9,12-13H,6H2,(H,20,21)/p-1/t8-,9-,12-,13+/m0/s1. The first kappa shape index (κ1) is 12.3. The Morgan fingerprint density at radius 3 is 2.29 bits per heavy atom. The Hall–Kier alpha value is -2.43. The summed E-state index contributed by atoms with van der Waals surface area (Å²) in [4.78, 5) is 37.2. The average molecular weight is 282 g/mol. The van der Waals surface area contributed by atoms with E-state index in [1.54, 1.807) is 6.07 Å². The van der Waals surface area contributed by atoms with Crippen molar-refractivity contribution in [2.24, 2.45) is 23.7 Å². The molecular formula is C16H12NO4-. The molecule has 1 saturated heterocycles. The molecule has 1 aromatic rings. The number of anilines is 1. The summed E-state index contributed by atoms with van der Waals surface area (Å²) in [5.41, 5.74) is 0.284. The van der Waals surface area contributed by atoms with Crippen molar-refractivity contribution in [3.63, 3.8) is 0 Å². The number of hydrogen-bond donors (Lipinski definition) is 0. The van der Waals surface area contributed by atoms with E-state index in [1.165, 1.54) is 18.2 Å². The minimum Gasteiger partial charge on any atom is -0.545 e. The summed E-state index contributed by atoms with van der Waals surface area (Å²) >= 11 is 0. The van der Waals surface area contributed by atoms with Gasteiger partial charge >= 0.3 is 0 Å². The Labute approximate surface area is 120 Å². The Bertz CT molecular complexity index is 678. The summed E-state index contributed by atoms with van der Waals surface area (Å²) in [5.74, 6) is -2.01. The van der Waals surface area contributed by atoms with Crippen molar-refractivity contribution in [3.8, 4) is 0 Å². The fourth-order valence-corrected chi connectivity index (χ4v) is 3.93. The lowest BCUT2D eigenvalue weighted by Gasteiger charge is -2.18. The largest absolute Gasteiger partial charge is 0.545 e. The molecule has 3 aliphatic rings. The van der Waals surface area contributed by atoms with Crippen LogP contribution in [0.2, 0.25) is 0 Å². The molecule has 5 nitrogen and oxygen atoms in total. The van der Waals surface area contributed by atoms with Crippen LogP contribution in [-0.4, -0.2) is 17.8 Å². The molecule has 5 heteroatoms. The van der Waals surface area contributed by atoms with E-state index < -0.39 is 5.97 Å². The van der Waals surface area contributed by atoms with Crippen molar-refractivity contribution in [2.75, 3.05) is 4.90 Å². The van der Waals surface area contributed by atoms with Crippen molar-refractivity contribution in [3.05, 3.63) is 42.0 Å². The van der Waals surface area contributed by atoms with Gasteiger partial charge in [0.25, 0.3) is 0 Å². The van der Waals surface area contributed by atoms with Crippen molar-refractivity contribution < 1.29 is 19.5 Å². The Morgan fingerprint density at radius 1 is 1.10 bits per heavy atom. The van der Waals surface area contributed by atoms with Gasteiger partial charge in [-0.1, -0.05) is 24.3 Å². The third-order valence-electron chi connectivity index (χ3n) is 4.81. The Morgan fingerprint density at radius 2 is 1.71 bits per heavy atom. The second kappa shape index (κ2) is 4.04. The van der Waals surface area contributed by atoms with E-state index in [9.17, 15) is 19.5 Å². The highest BCUT2D eigenvalue weighted by atomic mass is 16.4. The predicted octanol–water partition coefficient (Wildman–Crippen LogP) is 0.362. The topological polar surface area (TPSA) is 77.5 Å². The highest BCUT2D eigenvalue weighted by Crippen LogP contribution is 2.53. The molecule has 2 aliphatic carbocycles. The third-order valence-corrected chi connectivity index (χ3v) is 4.81. The molecule has 1 heterocycles. The second-order valence-electron chi connectivity index (χ2n) is 5.85. The van der Waals surface area contributed by atoms with Gasteiger partial charge < -0.3 is 9.90 Å². The zero-order valence-corrected chi connectivity index (χ0v) is 11.1. The third kappa shape index (κ3) is 1.54. The van der Waals surface area contributed by atoms with Crippen LogP contribution in [0.1, 0.15) is 16.8 Å². The molecule has 2 amide bonds. The van der Waals surface area contributed by atoms with Crippen LogP contribution in [0.25, 0.3) is 0 Å². The monoisotopic (exact) mass is 282 g/mol. The van der Waals surface area contributed by atoms with E-state index in [2.05, 4.69) is 0 Å². The van der Waals surface area contributed by atoms with E-state index in [-0.39, 0.29) is 41.0 Å². The number of hydrogen-bond acceptors (Lipinski definition) is 4. The van der Waals surface area contributed by atoms with Gasteiger partial charge in [0.2, 0.25) is 11.8 Å². The van der Waals surface area contributed by atoms with Gasteiger partial charge in [-0.25, -0.2) is 4.90 Å².